The van der Waals surface area contributed by atoms with Gasteiger partial charge in [-0.2, -0.15) is 0 Å². The number of thiophene rings is 1. The Kier molecular flexibility index (Phi) is 3.77. The molecule has 5 heteroatoms. The monoisotopic (exact) mass is 385 g/mol. The van der Waals surface area contributed by atoms with E-state index in [4.69, 9.17) is 0 Å². The molecule has 1 atom stereocenters. The molecule has 0 saturated carbocycles. The van der Waals surface area contributed by atoms with Gasteiger partial charge < -0.3 is 10.1 Å². The number of Topliss-reactive ketones (excluding diaryl/α,β-unsaturated/α-hetero) is 2. The Bertz CT molecular complexity index is 1260. The quantitative estimate of drug-likeness (QED) is 0.482. The fourth-order valence-corrected chi connectivity index (χ4v) is 4.74. The van der Waals surface area contributed by atoms with Gasteiger partial charge in [-0.05, 0) is 23.1 Å². The largest absolute Gasteiger partial charge is 0.507 e. The van der Waals surface area contributed by atoms with Crippen LogP contribution < -0.4 is 0 Å². The van der Waals surface area contributed by atoms with E-state index in [-0.39, 0.29) is 16.9 Å². The molecule has 1 aliphatic rings. The second-order valence-corrected chi connectivity index (χ2v) is 7.68. The van der Waals surface area contributed by atoms with Crippen LogP contribution in [0.4, 0.5) is 0 Å². The van der Waals surface area contributed by atoms with E-state index in [0.717, 1.165) is 21.3 Å². The van der Waals surface area contributed by atoms with E-state index >= 15 is 0 Å². The van der Waals surface area contributed by atoms with E-state index in [1.165, 1.54) is 11.3 Å². The molecule has 4 aromatic rings. The summed E-state index contributed by atoms with van der Waals surface area (Å²) in [5, 5.41) is 13.9. The van der Waals surface area contributed by atoms with Crippen LogP contribution in [0, 0.1) is 0 Å². The molecule has 2 heterocycles. The summed E-state index contributed by atoms with van der Waals surface area (Å²) in [6, 6.07) is 18.3. The second-order valence-electron chi connectivity index (χ2n) is 6.70. The topological polar surface area (TPSA) is 70.2 Å². The van der Waals surface area contributed by atoms with Crippen molar-refractivity contribution in [2.45, 2.75) is 5.92 Å². The predicted molar refractivity (Wildman–Crippen MR) is 110 cm³/mol. The molecule has 2 aromatic carbocycles. The van der Waals surface area contributed by atoms with Crippen LogP contribution >= 0.6 is 11.3 Å². The molecule has 2 N–H and O–H groups in total. The summed E-state index contributed by atoms with van der Waals surface area (Å²) < 4.78 is 0. The molecule has 1 aliphatic carbocycles. The van der Waals surface area contributed by atoms with Crippen LogP contribution in [0.1, 0.15) is 32.3 Å². The van der Waals surface area contributed by atoms with Gasteiger partial charge in [0.05, 0.1) is 11.5 Å². The zero-order valence-electron chi connectivity index (χ0n) is 14.7. The van der Waals surface area contributed by atoms with Gasteiger partial charge in [0.2, 0.25) is 11.6 Å². The third kappa shape index (κ3) is 2.37. The first-order chi connectivity index (χ1) is 13.7. The summed E-state index contributed by atoms with van der Waals surface area (Å²) in [6.45, 7) is 0. The van der Waals surface area contributed by atoms with Gasteiger partial charge in [0.25, 0.3) is 0 Å². The predicted octanol–water partition coefficient (Wildman–Crippen LogP) is 5.10. The van der Waals surface area contributed by atoms with Crippen LogP contribution in [0.3, 0.4) is 0 Å². The molecular formula is C23H15NO3S. The lowest BCUT2D eigenvalue weighted by Gasteiger charge is -2.24. The number of para-hydroxylation sites is 1. The molecule has 0 spiro atoms. The van der Waals surface area contributed by atoms with Crippen molar-refractivity contribution in [3.8, 4) is 0 Å². The van der Waals surface area contributed by atoms with Crippen LogP contribution in [0.25, 0.3) is 16.7 Å². The minimum Gasteiger partial charge on any atom is -0.507 e. The summed E-state index contributed by atoms with van der Waals surface area (Å²) in [7, 11) is 0. The maximum Gasteiger partial charge on any atom is 0.234 e. The number of hydrogen-bond donors (Lipinski definition) is 2. The lowest BCUT2D eigenvalue weighted by molar-refractivity contribution is -0.112. The van der Waals surface area contributed by atoms with Gasteiger partial charge in [0, 0.05) is 33.1 Å². The van der Waals surface area contributed by atoms with E-state index in [1.807, 2.05) is 48.0 Å². The lowest BCUT2D eigenvalue weighted by atomic mass is 9.79. The van der Waals surface area contributed by atoms with Crippen molar-refractivity contribution in [3.63, 3.8) is 0 Å². The average Bonchev–Trinajstić information content (AvgIpc) is 3.40. The standard InChI is InChI=1S/C23H15NO3S/c25-21-14-7-1-2-8-15(14)22(26)23(27)20(21)19(18-10-5-11-28-18)16-12-24-17-9-4-3-6-13(16)17/h1-12,19,24-25H. The molecule has 1 unspecified atom stereocenters. The highest BCUT2D eigenvalue weighted by molar-refractivity contribution is 7.10. The Morgan fingerprint density at radius 2 is 1.61 bits per heavy atom. The van der Waals surface area contributed by atoms with Crippen LogP contribution in [0.15, 0.2) is 77.8 Å². The van der Waals surface area contributed by atoms with Gasteiger partial charge in [-0.3, -0.25) is 9.59 Å². The van der Waals surface area contributed by atoms with Crippen LogP contribution in [-0.4, -0.2) is 21.7 Å². The number of H-pyrrole nitrogens is 1. The number of hydrogen-bond acceptors (Lipinski definition) is 4. The number of rotatable bonds is 3. The van der Waals surface area contributed by atoms with Crippen molar-refractivity contribution in [1.82, 2.24) is 4.98 Å². The molecule has 0 bridgehead atoms. The Balaban J connectivity index is 1.82. The van der Waals surface area contributed by atoms with Crippen LogP contribution in [0.5, 0.6) is 0 Å². The number of aliphatic hydroxyl groups excluding tert-OH is 1. The summed E-state index contributed by atoms with van der Waals surface area (Å²) in [5.74, 6) is -1.88. The van der Waals surface area contributed by atoms with E-state index < -0.39 is 17.5 Å². The molecule has 0 amide bonds. The lowest BCUT2D eigenvalue weighted by Crippen LogP contribution is -2.27. The molecule has 4 nitrogen and oxygen atoms in total. The van der Waals surface area contributed by atoms with Gasteiger partial charge in [-0.1, -0.05) is 48.5 Å². The van der Waals surface area contributed by atoms with Crippen molar-refractivity contribution >= 4 is 39.6 Å². The molecule has 0 fully saturated rings. The summed E-state index contributed by atoms with van der Waals surface area (Å²) >= 11 is 1.50. The third-order valence-corrected chi connectivity index (χ3v) is 6.12. The zero-order chi connectivity index (χ0) is 19.3. The highest BCUT2D eigenvalue weighted by atomic mass is 32.1. The molecule has 5 rings (SSSR count). The molecule has 0 aliphatic heterocycles. The van der Waals surface area contributed by atoms with Crippen molar-refractivity contribution in [2.24, 2.45) is 0 Å². The van der Waals surface area contributed by atoms with Gasteiger partial charge in [-0.25, -0.2) is 0 Å². The maximum atomic E-state index is 13.1. The molecule has 2 aromatic heterocycles. The Hall–Kier alpha value is -3.44. The van der Waals surface area contributed by atoms with Crippen molar-refractivity contribution in [3.05, 3.63) is 99.4 Å². The first-order valence-corrected chi connectivity index (χ1v) is 9.75. The van der Waals surface area contributed by atoms with E-state index in [0.29, 0.717) is 5.56 Å². The number of carbonyl (C=O) groups is 2. The van der Waals surface area contributed by atoms with E-state index in [2.05, 4.69) is 4.98 Å². The number of nitrogens with one attached hydrogen (secondary N) is 1. The summed E-state index contributed by atoms with van der Waals surface area (Å²) in [4.78, 5) is 30.0. The maximum absolute atomic E-state index is 13.1. The SMILES string of the molecule is O=C1C(=O)c2ccccc2C(O)=C1C(c1cccs1)c1c[nH]c2ccccc12. The first-order valence-electron chi connectivity index (χ1n) is 8.88. The van der Waals surface area contributed by atoms with Gasteiger partial charge in [0.1, 0.15) is 5.76 Å². The number of carbonyl (C=O) groups excluding carboxylic acids is 2. The third-order valence-electron chi connectivity index (χ3n) is 5.18. The minimum atomic E-state index is -0.653. The number of allylic oxidation sites excluding steroid dienone is 1. The number of benzene rings is 2. The van der Waals surface area contributed by atoms with Crippen LogP contribution in [0.2, 0.25) is 0 Å². The number of aliphatic hydroxyl groups is 1. The summed E-state index contributed by atoms with van der Waals surface area (Å²) in [5.41, 5.74) is 2.59. The number of ketones is 2. The molecule has 0 radical (unpaired) electrons. The second kappa shape index (κ2) is 6.32. The van der Waals surface area contributed by atoms with Crippen LogP contribution in [-0.2, 0) is 4.79 Å². The smallest absolute Gasteiger partial charge is 0.234 e. The van der Waals surface area contributed by atoms with Crippen molar-refractivity contribution < 1.29 is 14.7 Å². The molecule has 0 saturated heterocycles. The first kappa shape index (κ1) is 16.7. The average molecular weight is 385 g/mol. The van der Waals surface area contributed by atoms with Crippen molar-refractivity contribution in [1.29, 1.82) is 0 Å². The fourth-order valence-electron chi connectivity index (χ4n) is 3.89. The minimum absolute atomic E-state index is 0.121. The Morgan fingerprint density at radius 3 is 2.39 bits per heavy atom. The fraction of sp³-hybridized carbons (Fsp3) is 0.0435. The highest BCUT2D eigenvalue weighted by Gasteiger charge is 2.39. The highest BCUT2D eigenvalue weighted by Crippen LogP contribution is 2.43. The number of aromatic amines is 1. The number of aromatic nitrogens is 1. The van der Waals surface area contributed by atoms with E-state index in [9.17, 15) is 14.7 Å². The molecule has 136 valence electrons. The van der Waals surface area contributed by atoms with Gasteiger partial charge >= 0.3 is 0 Å². The Morgan fingerprint density at radius 1 is 0.857 bits per heavy atom. The summed E-state index contributed by atoms with van der Waals surface area (Å²) in [6.07, 6.45) is 1.85. The molecule has 28 heavy (non-hydrogen) atoms. The number of fused-ring (bicyclic) bond motifs is 2. The van der Waals surface area contributed by atoms with Gasteiger partial charge in [-0.15, -0.1) is 11.3 Å². The van der Waals surface area contributed by atoms with Crippen molar-refractivity contribution in [2.75, 3.05) is 0 Å². The normalized spacial score (nSPS) is 15.1. The van der Waals surface area contributed by atoms with Gasteiger partial charge in [0.15, 0.2) is 0 Å². The van der Waals surface area contributed by atoms with E-state index in [1.54, 1.807) is 24.3 Å². The Labute approximate surface area is 164 Å². The zero-order valence-corrected chi connectivity index (χ0v) is 15.5. The molecular weight excluding hydrogens is 370 g/mol.